The van der Waals surface area contributed by atoms with Gasteiger partial charge in [-0.25, -0.2) is 4.39 Å². The first-order chi connectivity index (χ1) is 10.1. The normalized spacial score (nSPS) is 12.4. The Morgan fingerprint density at radius 1 is 1.24 bits per heavy atom. The summed E-state index contributed by atoms with van der Waals surface area (Å²) < 4.78 is 14.1. The van der Waals surface area contributed by atoms with E-state index in [1.807, 2.05) is 24.9 Å². The Labute approximate surface area is 138 Å². The maximum absolute atomic E-state index is 13.6. The smallest absolute Gasteiger partial charge is 0.137 e. The van der Waals surface area contributed by atoms with Crippen LogP contribution in [0.1, 0.15) is 11.1 Å². The van der Waals surface area contributed by atoms with E-state index in [9.17, 15) is 4.39 Å². The van der Waals surface area contributed by atoms with Crippen LogP contribution in [-0.2, 0) is 6.42 Å². The van der Waals surface area contributed by atoms with Crippen LogP contribution >= 0.6 is 27.7 Å². The lowest BCUT2D eigenvalue weighted by Crippen LogP contribution is -2.30. The molecule has 1 atom stereocenters. The monoisotopic (exact) mass is 367 g/mol. The first kappa shape index (κ1) is 16.5. The van der Waals surface area contributed by atoms with Crippen molar-refractivity contribution in [1.29, 1.82) is 0 Å². The molecule has 0 saturated carbocycles. The second kappa shape index (κ2) is 7.97. The van der Waals surface area contributed by atoms with Gasteiger partial charge in [-0.15, -0.1) is 11.8 Å². The zero-order valence-electron chi connectivity index (χ0n) is 12.2. The predicted molar refractivity (Wildman–Crippen MR) is 92.6 cm³/mol. The molecule has 2 rings (SSSR count). The van der Waals surface area contributed by atoms with E-state index in [0.717, 1.165) is 17.7 Å². The van der Waals surface area contributed by atoms with Crippen molar-refractivity contribution in [3.05, 3.63) is 63.9 Å². The van der Waals surface area contributed by atoms with Crippen LogP contribution in [-0.4, -0.2) is 18.8 Å². The fourth-order valence-corrected chi connectivity index (χ4v) is 3.67. The number of likely N-dealkylation sites (N-methyl/N-ethyl adjacent to an activating group) is 1. The molecule has 0 heterocycles. The van der Waals surface area contributed by atoms with Gasteiger partial charge in [0, 0.05) is 16.7 Å². The molecule has 0 aliphatic carbocycles. The summed E-state index contributed by atoms with van der Waals surface area (Å²) in [6.07, 6.45) is 0.799. The zero-order valence-corrected chi connectivity index (χ0v) is 14.6. The van der Waals surface area contributed by atoms with Crippen molar-refractivity contribution in [2.24, 2.45) is 0 Å². The molecule has 112 valence electrons. The standard InChI is InChI=1S/C17H19BrFNS/c1-12-5-3-7-15(9-12)21-11-14(20-2)10-13-6-4-8-16(19)17(13)18/h3-9,14,20H,10-11H2,1-2H3. The van der Waals surface area contributed by atoms with Gasteiger partial charge < -0.3 is 5.32 Å². The van der Waals surface area contributed by atoms with E-state index in [4.69, 9.17) is 0 Å². The summed E-state index contributed by atoms with van der Waals surface area (Å²) in [6.45, 7) is 2.10. The summed E-state index contributed by atoms with van der Waals surface area (Å²) in [6, 6.07) is 14.0. The predicted octanol–water partition coefficient (Wildman–Crippen LogP) is 4.82. The molecule has 0 radical (unpaired) electrons. The lowest BCUT2D eigenvalue weighted by molar-refractivity contribution is 0.597. The fraction of sp³-hybridized carbons (Fsp3) is 0.294. The minimum absolute atomic E-state index is 0.200. The van der Waals surface area contributed by atoms with Crippen LogP contribution in [0.15, 0.2) is 51.8 Å². The van der Waals surface area contributed by atoms with Crippen molar-refractivity contribution < 1.29 is 4.39 Å². The minimum atomic E-state index is -0.200. The van der Waals surface area contributed by atoms with Crippen LogP contribution < -0.4 is 5.32 Å². The molecule has 0 saturated heterocycles. The summed E-state index contributed by atoms with van der Waals surface area (Å²) in [4.78, 5) is 1.27. The van der Waals surface area contributed by atoms with Crippen molar-refractivity contribution in [2.45, 2.75) is 24.3 Å². The molecule has 0 amide bonds. The Morgan fingerprint density at radius 2 is 2.00 bits per heavy atom. The van der Waals surface area contributed by atoms with Crippen LogP contribution in [0.4, 0.5) is 4.39 Å². The molecule has 0 bridgehead atoms. The lowest BCUT2D eigenvalue weighted by atomic mass is 10.1. The van der Waals surface area contributed by atoms with Crippen molar-refractivity contribution in [1.82, 2.24) is 5.32 Å². The highest BCUT2D eigenvalue weighted by molar-refractivity contribution is 9.10. The van der Waals surface area contributed by atoms with E-state index in [1.54, 1.807) is 6.07 Å². The highest BCUT2D eigenvalue weighted by Gasteiger charge is 2.12. The molecule has 0 aliphatic heterocycles. The molecule has 2 aromatic carbocycles. The van der Waals surface area contributed by atoms with Gasteiger partial charge in [0.25, 0.3) is 0 Å². The van der Waals surface area contributed by atoms with E-state index in [0.29, 0.717) is 10.5 Å². The van der Waals surface area contributed by atoms with E-state index in [-0.39, 0.29) is 5.82 Å². The molecule has 0 spiro atoms. The Bertz CT molecular complexity index is 603. The second-order valence-electron chi connectivity index (χ2n) is 5.03. The molecule has 0 aliphatic rings. The third kappa shape index (κ3) is 4.83. The van der Waals surface area contributed by atoms with Crippen molar-refractivity contribution in [3.63, 3.8) is 0 Å². The van der Waals surface area contributed by atoms with Crippen LogP contribution in [0.2, 0.25) is 0 Å². The lowest BCUT2D eigenvalue weighted by Gasteiger charge is -2.17. The average Bonchev–Trinajstić information content (AvgIpc) is 2.48. The summed E-state index contributed by atoms with van der Waals surface area (Å²) in [5, 5.41) is 3.32. The molecule has 1 nitrogen and oxygen atoms in total. The van der Waals surface area contributed by atoms with Gasteiger partial charge in [-0.3, -0.25) is 0 Å². The molecule has 1 unspecified atom stereocenters. The van der Waals surface area contributed by atoms with Gasteiger partial charge in [0.2, 0.25) is 0 Å². The van der Waals surface area contributed by atoms with Gasteiger partial charge in [-0.05, 0) is 60.1 Å². The average molecular weight is 368 g/mol. The van der Waals surface area contributed by atoms with Gasteiger partial charge in [-0.2, -0.15) is 0 Å². The SMILES string of the molecule is CNC(CSc1cccc(C)c1)Cc1cccc(F)c1Br. The highest BCUT2D eigenvalue weighted by Crippen LogP contribution is 2.24. The Hall–Kier alpha value is -0.840. The number of nitrogens with one attached hydrogen (secondary N) is 1. The second-order valence-corrected chi connectivity index (χ2v) is 6.92. The molecular formula is C17H19BrFNS. The highest BCUT2D eigenvalue weighted by atomic mass is 79.9. The third-order valence-electron chi connectivity index (χ3n) is 3.35. The molecule has 2 aromatic rings. The van der Waals surface area contributed by atoms with Gasteiger partial charge >= 0.3 is 0 Å². The Balaban J connectivity index is 1.99. The summed E-state index contributed by atoms with van der Waals surface area (Å²) in [5.74, 6) is 0.747. The fourth-order valence-electron chi connectivity index (χ4n) is 2.12. The first-order valence-electron chi connectivity index (χ1n) is 6.89. The quantitative estimate of drug-likeness (QED) is 0.734. The number of thioether (sulfide) groups is 1. The minimum Gasteiger partial charge on any atom is -0.316 e. The van der Waals surface area contributed by atoms with Gasteiger partial charge in [0.1, 0.15) is 5.82 Å². The van der Waals surface area contributed by atoms with E-state index >= 15 is 0 Å². The van der Waals surface area contributed by atoms with Crippen molar-refractivity contribution >= 4 is 27.7 Å². The summed E-state index contributed by atoms with van der Waals surface area (Å²) >= 11 is 5.16. The topological polar surface area (TPSA) is 12.0 Å². The van der Waals surface area contributed by atoms with Gasteiger partial charge in [0.15, 0.2) is 0 Å². The summed E-state index contributed by atoms with van der Waals surface area (Å²) in [7, 11) is 1.95. The van der Waals surface area contributed by atoms with Crippen LogP contribution in [0, 0.1) is 12.7 Å². The van der Waals surface area contributed by atoms with Crippen molar-refractivity contribution in [3.8, 4) is 0 Å². The van der Waals surface area contributed by atoms with E-state index in [2.05, 4.69) is 52.4 Å². The number of hydrogen-bond donors (Lipinski definition) is 1. The number of halogens is 2. The maximum atomic E-state index is 13.6. The Kier molecular flexibility index (Phi) is 6.27. The molecular weight excluding hydrogens is 349 g/mol. The van der Waals surface area contributed by atoms with E-state index in [1.165, 1.54) is 16.5 Å². The number of aryl methyl sites for hydroxylation is 1. The molecule has 0 aromatic heterocycles. The van der Waals surface area contributed by atoms with Crippen LogP contribution in [0.25, 0.3) is 0 Å². The van der Waals surface area contributed by atoms with Crippen LogP contribution in [0.3, 0.4) is 0 Å². The zero-order chi connectivity index (χ0) is 15.2. The molecule has 1 N–H and O–H groups in total. The van der Waals surface area contributed by atoms with E-state index < -0.39 is 0 Å². The van der Waals surface area contributed by atoms with Crippen molar-refractivity contribution in [2.75, 3.05) is 12.8 Å². The molecule has 21 heavy (non-hydrogen) atoms. The maximum Gasteiger partial charge on any atom is 0.137 e. The summed E-state index contributed by atoms with van der Waals surface area (Å²) in [5.41, 5.74) is 2.27. The van der Waals surface area contributed by atoms with Gasteiger partial charge in [0.05, 0.1) is 4.47 Å². The number of rotatable bonds is 6. The van der Waals surface area contributed by atoms with Crippen LogP contribution in [0.5, 0.6) is 0 Å². The van der Waals surface area contributed by atoms with Gasteiger partial charge in [-0.1, -0.05) is 29.8 Å². The largest absolute Gasteiger partial charge is 0.316 e. The number of benzene rings is 2. The first-order valence-corrected chi connectivity index (χ1v) is 8.67. The molecule has 4 heteroatoms. The number of hydrogen-bond acceptors (Lipinski definition) is 2. The molecule has 0 fully saturated rings. The third-order valence-corrected chi connectivity index (χ3v) is 5.39. The Morgan fingerprint density at radius 3 is 2.71 bits per heavy atom.